The highest BCUT2D eigenvalue weighted by atomic mass is 35.5. The fourth-order valence-electron chi connectivity index (χ4n) is 4.46. The van der Waals surface area contributed by atoms with Gasteiger partial charge in [0.05, 0.1) is 4.90 Å². The normalized spacial score (nSPS) is 12.2. The molecule has 0 radical (unpaired) electrons. The van der Waals surface area contributed by atoms with E-state index in [-0.39, 0.29) is 23.7 Å². The van der Waals surface area contributed by atoms with Crippen LogP contribution >= 0.6 is 12.4 Å². The molecule has 2 heterocycles. The van der Waals surface area contributed by atoms with Crippen molar-refractivity contribution in [3.05, 3.63) is 82.8 Å². The number of aryl methyl sites for hydroxylation is 4. The van der Waals surface area contributed by atoms with Crippen molar-refractivity contribution in [2.24, 2.45) is 0 Å². The molecule has 0 aliphatic heterocycles. The first-order valence-corrected chi connectivity index (χ1v) is 13.2. The highest BCUT2D eigenvalue weighted by molar-refractivity contribution is 7.89. The van der Waals surface area contributed by atoms with E-state index in [0.29, 0.717) is 4.31 Å². The van der Waals surface area contributed by atoms with Gasteiger partial charge >= 0.3 is 0 Å². The number of hydrogen-bond donors (Lipinski definition) is 0. The Hall–Kier alpha value is -3.43. The lowest BCUT2D eigenvalue weighted by molar-refractivity contribution is -0.260. The minimum atomic E-state index is -4.27. The topological polar surface area (TPSA) is 108 Å². The summed E-state index contributed by atoms with van der Waals surface area (Å²) in [6.45, 7) is 9.40. The summed E-state index contributed by atoms with van der Waals surface area (Å²) in [5.41, 5.74) is 6.17. The summed E-state index contributed by atoms with van der Waals surface area (Å²) in [4.78, 5) is 21.3. The lowest BCUT2D eigenvalue weighted by Gasteiger charge is -2.30. The zero-order valence-electron chi connectivity index (χ0n) is 21.4. The third kappa shape index (κ3) is 5.47. The molecule has 0 N–H and O–H groups in total. The van der Waals surface area contributed by atoms with E-state index in [1.807, 2.05) is 62.6 Å². The number of aromatic nitrogens is 3. The molecular formula is C27H30ClN4O4S-. The number of sulfonamides is 1. The number of benzene rings is 2. The van der Waals surface area contributed by atoms with Gasteiger partial charge in [-0.05, 0) is 75.6 Å². The van der Waals surface area contributed by atoms with E-state index < -0.39 is 22.2 Å². The van der Waals surface area contributed by atoms with Gasteiger partial charge in [-0.15, -0.1) is 12.4 Å². The van der Waals surface area contributed by atoms with Crippen molar-refractivity contribution in [1.82, 2.24) is 18.8 Å². The van der Waals surface area contributed by atoms with E-state index >= 15 is 0 Å². The second kappa shape index (κ2) is 10.9. The van der Waals surface area contributed by atoms with Crippen molar-refractivity contribution in [3.63, 3.8) is 0 Å². The van der Waals surface area contributed by atoms with Crippen LogP contribution in [-0.4, -0.2) is 39.4 Å². The fraction of sp³-hybridized carbons (Fsp3) is 0.296. The van der Waals surface area contributed by atoms with Gasteiger partial charge in [-0.25, -0.2) is 22.7 Å². The molecule has 0 spiro atoms. The number of rotatable bonds is 7. The van der Waals surface area contributed by atoms with Crippen molar-refractivity contribution in [2.75, 3.05) is 0 Å². The number of fused-ring (bicyclic) bond motifs is 1. The number of carbonyl (C=O) groups excluding carboxylic acids is 1. The van der Waals surface area contributed by atoms with Crippen LogP contribution in [0.3, 0.4) is 0 Å². The third-order valence-electron chi connectivity index (χ3n) is 6.20. The Morgan fingerprint density at radius 2 is 1.65 bits per heavy atom. The summed E-state index contributed by atoms with van der Waals surface area (Å²) in [7, 11) is -4.27. The van der Waals surface area contributed by atoms with Crippen LogP contribution in [0.25, 0.3) is 16.9 Å². The first-order valence-electron chi connectivity index (χ1n) is 11.8. The van der Waals surface area contributed by atoms with Crippen LogP contribution in [0.1, 0.15) is 42.1 Å². The van der Waals surface area contributed by atoms with Crippen molar-refractivity contribution in [1.29, 1.82) is 0 Å². The molecule has 1 amide bonds. The summed E-state index contributed by atoms with van der Waals surface area (Å²) >= 11 is 0. The van der Waals surface area contributed by atoms with Crippen molar-refractivity contribution in [3.8, 4) is 5.69 Å². The molecule has 8 nitrogen and oxygen atoms in total. The third-order valence-corrected chi connectivity index (χ3v) is 8.10. The van der Waals surface area contributed by atoms with Crippen LogP contribution in [0, 0.1) is 20.8 Å². The predicted molar refractivity (Wildman–Crippen MR) is 144 cm³/mol. The standard InChI is InChI=1S/C27H30N4O4S.ClH/c1-6-24-29-25-18(3)15-19(4)28-26(25)30(24)22-11-9-21(10-12-22)16-20(5)31(27(32)33)36(34,35)23-13-7-17(2)8-14-23;/h7-15,20H,6,16H2,1-5H3,(H,32,33);1H/p-1/t20-;/m0./s1. The zero-order chi connectivity index (χ0) is 26.2. The number of nitrogens with zero attached hydrogens (tertiary/aromatic N) is 4. The number of imidazole rings is 1. The summed E-state index contributed by atoms with van der Waals surface area (Å²) < 4.78 is 28.6. The van der Waals surface area contributed by atoms with Crippen LogP contribution in [0.4, 0.5) is 4.79 Å². The van der Waals surface area contributed by atoms with Gasteiger partial charge < -0.3 is 9.90 Å². The maximum absolute atomic E-state index is 13.1. The van der Waals surface area contributed by atoms with Gasteiger partial charge in [0, 0.05) is 23.8 Å². The molecule has 10 heteroatoms. The molecule has 196 valence electrons. The number of amides is 1. The predicted octanol–water partition coefficient (Wildman–Crippen LogP) is 4.30. The first-order chi connectivity index (χ1) is 17.0. The second-order valence-electron chi connectivity index (χ2n) is 9.07. The van der Waals surface area contributed by atoms with Crippen LogP contribution < -0.4 is 5.11 Å². The quantitative estimate of drug-likeness (QED) is 0.345. The lowest BCUT2D eigenvalue weighted by Crippen LogP contribution is -2.50. The molecule has 0 saturated carbocycles. The SMILES string of the molecule is CCc1nc2c(C)cc(C)nc2n1-c1ccc(C[C@H](C)N(C(=O)[O-])S(=O)(=O)c2ccc(C)cc2)cc1.Cl. The highest BCUT2D eigenvalue weighted by Crippen LogP contribution is 2.25. The summed E-state index contributed by atoms with van der Waals surface area (Å²) in [5.74, 6) is 0.889. The number of carboxylic acid groups (broad SMARTS) is 1. The van der Waals surface area contributed by atoms with Gasteiger partial charge in [0.2, 0.25) is 0 Å². The van der Waals surface area contributed by atoms with Crippen molar-refractivity contribution >= 4 is 39.7 Å². The number of carbonyl (C=O) groups is 1. The number of halogens is 1. The molecule has 1 atom stereocenters. The van der Waals surface area contributed by atoms with Crippen LogP contribution in [0.5, 0.6) is 0 Å². The van der Waals surface area contributed by atoms with Crippen LogP contribution in [0.2, 0.25) is 0 Å². The van der Waals surface area contributed by atoms with Gasteiger partial charge in [0.25, 0.3) is 10.0 Å². The van der Waals surface area contributed by atoms with Crippen molar-refractivity contribution in [2.45, 2.75) is 58.4 Å². The Labute approximate surface area is 223 Å². The monoisotopic (exact) mass is 541 g/mol. The molecule has 0 aliphatic carbocycles. The van der Waals surface area contributed by atoms with E-state index in [9.17, 15) is 18.3 Å². The summed E-state index contributed by atoms with van der Waals surface area (Å²) in [6, 6.07) is 14.8. The van der Waals surface area contributed by atoms with Gasteiger partial charge in [0.15, 0.2) is 11.7 Å². The lowest BCUT2D eigenvalue weighted by atomic mass is 10.1. The van der Waals surface area contributed by atoms with E-state index in [1.54, 1.807) is 19.1 Å². The molecule has 37 heavy (non-hydrogen) atoms. The van der Waals surface area contributed by atoms with Crippen LogP contribution in [0.15, 0.2) is 59.5 Å². The van der Waals surface area contributed by atoms with Crippen LogP contribution in [-0.2, 0) is 22.9 Å². The van der Waals surface area contributed by atoms with Gasteiger partial charge in [-0.3, -0.25) is 4.57 Å². The molecule has 2 aromatic carbocycles. The molecule has 0 bridgehead atoms. The molecule has 0 aliphatic rings. The number of hydrogen-bond acceptors (Lipinski definition) is 6. The second-order valence-corrected chi connectivity index (χ2v) is 10.9. The Morgan fingerprint density at radius 3 is 2.22 bits per heavy atom. The molecular weight excluding hydrogens is 512 g/mol. The zero-order valence-corrected chi connectivity index (χ0v) is 23.1. The van der Waals surface area contributed by atoms with Gasteiger partial charge in [-0.1, -0.05) is 36.8 Å². The molecule has 0 saturated heterocycles. The minimum absolute atomic E-state index is 0. The van der Waals surface area contributed by atoms with Crippen molar-refractivity contribution < 1.29 is 18.3 Å². The maximum atomic E-state index is 13.1. The first kappa shape index (κ1) is 28.1. The van der Waals surface area contributed by atoms with E-state index in [0.717, 1.165) is 51.5 Å². The molecule has 2 aromatic heterocycles. The summed E-state index contributed by atoms with van der Waals surface area (Å²) in [6.07, 6.45) is -0.833. The Balaban J connectivity index is 0.00000380. The van der Waals surface area contributed by atoms with E-state index in [4.69, 9.17) is 9.97 Å². The Kier molecular flexibility index (Phi) is 8.29. The van der Waals surface area contributed by atoms with Gasteiger partial charge in [0.1, 0.15) is 11.3 Å². The van der Waals surface area contributed by atoms with Gasteiger partial charge in [-0.2, -0.15) is 0 Å². The molecule has 4 rings (SSSR count). The summed E-state index contributed by atoms with van der Waals surface area (Å²) in [5, 5.41) is 11.9. The Morgan fingerprint density at radius 1 is 1.03 bits per heavy atom. The smallest absolute Gasteiger partial charge is 0.265 e. The largest absolute Gasteiger partial charge is 0.529 e. The molecule has 0 fully saturated rings. The Bertz CT molecular complexity index is 1530. The molecule has 4 aromatic rings. The van der Waals surface area contributed by atoms with E-state index in [2.05, 4.69) is 0 Å². The molecule has 0 unspecified atom stereocenters. The fourth-order valence-corrected chi connectivity index (χ4v) is 5.91. The minimum Gasteiger partial charge on any atom is -0.529 e. The number of pyridine rings is 1. The van der Waals surface area contributed by atoms with E-state index in [1.165, 1.54) is 12.1 Å². The maximum Gasteiger partial charge on any atom is 0.265 e. The highest BCUT2D eigenvalue weighted by Gasteiger charge is 2.29. The average molecular weight is 542 g/mol. The average Bonchev–Trinajstić information content (AvgIpc) is 3.18.